The quantitative estimate of drug-likeness (QED) is 0.403. The molecular formula is C24H30F2N8O4S. The number of halogens is 2. The average molecular weight is 565 g/mol. The van der Waals surface area contributed by atoms with E-state index in [0.717, 1.165) is 5.41 Å². The Hall–Kier alpha value is -3.43. The zero-order valence-electron chi connectivity index (χ0n) is 21.7. The predicted octanol–water partition coefficient (Wildman–Crippen LogP) is 2.37. The zero-order chi connectivity index (χ0) is 27.7. The Labute approximate surface area is 224 Å². The molecule has 4 heterocycles. The number of para-hydroxylation sites is 1. The van der Waals surface area contributed by atoms with Gasteiger partial charge in [0.15, 0.2) is 5.82 Å². The molecule has 0 amide bonds. The summed E-state index contributed by atoms with van der Waals surface area (Å²) in [6.45, 7) is 6.38. The van der Waals surface area contributed by atoms with Crippen molar-refractivity contribution in [3.05, 3.63) is 36.0 Å². The largest absolute Gasteiger partial charge is 0.494 e. The lowest BCUT2D eigenvalue weighted by molar-refractivity contribution is 0.122. The summed E-state index contributed by atoms with van der Waals surface area (Å²) in [6, 6.07) is 4.80. The number of anilines is 2. The van der Waals surface area contributed by atoms with Crippen LogP contribution in [0.5, 0.6) is 5.75 Å². The van der Waals surface area contributed by atoms with Crippen LogP contribution in [0.4, 0.5) is 20.7 Å². The van der Waals surface area contributed by atoms with E-state index in [1.54, 1.807) is 25.2 Å². The number of imidazole rings is 1. The number of rotatable bonds is 8. The van der Waals surface area contributed by atoms with Crippen LogP contribution < -0.4 is 14.5 Å². The Morgan fingerprint density at radius 2 is 1.67 bits per heavy atom. The molecule has 210 valence electrons. The molecule has 1 aromatic carbocycles. The number of morpholine rings is 1. The molecule has 2 aliphatic rings. The average Bonchev–Trinajstić information content (AvgIpc) is 3.37. The minimum Gasteiger partial charge on any atom is -0.494 e. The van der Waals surface area contributed by atoms with Gasteiger partial charge in [-0.1, -0.05) is 12.6 Å². The number of hydrogen-bond acceptors (Lipinski definition) is 10. The summed E-state index contributed by atoms with van der Waals surface area (Å²) in [4.78, 5) is 21.9. The van der Waals surface area contributed by atoms with Gasteiger partial charge in [0.25, 0.3) is 6.43 Å². The first-order valence-electron chi connectivity index (χ1n) is 12.5. The van der Waals surface area contributed by atoms with Gasteiger partial charge in [-0.15, -0.1) is 0 Å². The van der Waals surface area contributed by atoms with Gasteiger partial charge in [-0.05, 0) is 25.0 Å². The number of hydrogen-bond donors (Lipinski definition) is 0. The van der Waals surface area contributed by atoms with Crippen molar-refractivity contribution in [3.8, 4) is 11.7 Å². The Balaban J connectivity index is 1.56. The summed E-state index contributed by atoms with van der Waals surface area (Å²) in [5.41, 5.74) is 0.655. The SMILES string of the molecule is C=CS(=O)(=O)N(C)C1CCN(c2nc(N3CCOCC3)nc(-n3c(C(F)F)nc4c(OC)cccc43)n2)CC1. The zero-order valence-corrected chi connectivity index (χ0v) is 22.5. The Bertz CT molecular complexity index is 1450. The molecule has 0 aliphatic carbocycles. The molecule has 0 atom stereocenters. The number of sulfonamides is 1. The molecule has 2 aromatic heterocycles. The van der Waals surface area contributed by atoms with Crippen LogP contribution in [-0.2, 0) is 14.8 Å². The second kappa shape index (κ2) is 11.0. The van der Waals surface area contributed by atoms with Gasteiger partial charge in [-0.3, -0.25) is 4.57 Å². The van der Waals surface area contributed by atoms with Gasteiger partial charge >= 0.3 is 0 Å². The maximum absolute atomic E-state index is 14.2. The maximum atomic E-state index is 14.2. The smallest absolute Gasteiger partial charge is 0.296 e. The van der Waals surface area contributed by atoms with Crippen molar-refractivity contribution in [1.29, 1.82) is 0 Å². The number of fused-ring (bicyclic) bond motifs is 1. The molecule has 2 saturated heterocycles. The number of methoxy groups -OCH3 is 1. The van der Waals surface area contributed by atoms with E-state index < -0.39 is 22.3 Å². The molecular weight excluding hydrogens is 534 g/mol. The highest BCUT2D eigenvalue weighted by molar-refractivity contribution is 7.92. The fraction of sp³-hybridized carbons (Fsp3) is 0.500. The van der Waals surface area contributed by atoms with Crippen molar-refractivity contribution < 1.29 is 26.7 Å². The molecule has 15 heteroatoms. The van der Waals surface area contributed by atoms with Gasteiger partial charge in [0.05, 0.1) is 25.8 Å². The van der Waals surface area contributed by atoms with Crippen molar-refractivity contribution in [2.45, 2.75) is 25.3 Å². The number of ether oxygens (including phenoxy) is 2. The second-order valence-corrected chi connectivity index (χ2v) is 11.2. The summed E-state index contributed by atoms with van der Waals surface area (Å²) in [5, 5.41) is 0.942. The van der Waals surface area contributed by atoms with Crippen molar-refractivity contribution in [3.63, 3.8) is 0 Å². The number of alkyl halides is 2. The fourth-order valence-corrected chi connectivity index (χ4v) is 5.72. The lowest BCUT2D eigenvalue weighted by Gasteiger charge is -2.36. The first kappa shape index (κ1) is 27.1. The third kappa shape index (κ3) is 5.25. The normalized spacial score (nSPS) is 17.4. The van der Waals surface area contributed by atoms with E-state index in [4.69, 9.17) is 14.5 Å². The van der Waals surface area contributed by atoms with Gasteiger partial charge in [0, 0.05) is 44.7 Å². The molecule has 0 unspecified atom stereocenters. The summed E-state index contributed by atoms with van der Waals surface area (Å²) < 4.78 is 66.4. The highest BCUT2D eigenvalue weighted by Crippen LogP contribution is 2.33. The number of aromatic nitrogens is 5. The van der Waals surface area contributed by atoms with Crippen LogP contribution in [0, 0.1) is 0 Å². The molecule has 2 fully saturated rings. The lowest BCUT2D eigenvalue weighted by Crippen LogP contribution is -2.45. The molecule has 0 N–H and O–H groups in total. The van der Waals surface area contributed by atoms with Gasteiger partial charge < -0.3 is 19.3 Å². The summed E-state index contributed by atoms with van der Waals surface area (Å²) in [5.74, 6) is 0.530. The Kier molecular flexibility index (Phi) is 7.64. The molecule has 0 spiro atoms. The van der Waals surface area contributed by atoms with Crippen molar-refractivity contribution in [2.24, 2.45) is 0 Å². The maximum Gasteiger partial charge on any atom is 0.296 e. The van der Waals surface area contributed by atoms with Crippen molar-refractivity contribution >= 4 is 33.0 Å². The molecule has 0 bridgehead atoms. The lowest BCUT2D eigenvalue weighted by atomic mass is 10.1. The number of benzene rings is 1. The first-order chi connectivity index (χ1) is 18.7. The Morgan fingerprint density at radius 3 is 2.26 bits per heavy atom. The minimum atomic E-state index is -3.55. The van der Waals surface area contributed by atoms with E-state index in [1.807, 2.05) is 9.80 Å². The van der Waals surface area contributed by atoms with Crippen LogP contribution in [0.2, 0.25) is 0 Å². The Morgan fingerprint density at radius 1 is 1.05 bits per heavy atom. The van der Waals surface area contributed by atoms with Crippen LogP contribution in [0.15, 0.2) is 30.2 Å². The van der Waals surface area contributed by atoms with Crippen LogP contribution >= 0.6 is 0 Å². The van der Waals surface area contributed by atoms with Crippen LogP contribution in [0.3, 0.4) is 0 Å². The first-order valence-corrected chi connectivity index (χ1v) is 14.0. The van der Waals surface area contributed by atoms with Crippen molar-refractivity contribution in [2.75, 3.05) is 63.4 Å². The molecule has 3 aromatic rings. The summed E-state index contributed by atoms with van der Waals surface area (Å²) in [7, 11) is -0.556. The fourth-order valence-electron chi connectivity index (χ4n) is 4.86. The third-order valence-electron chi connectivity index (χ3n) is 7.06. The monoisotopic (exact) mass is 564 g/mol. The molecule has 2 aliphatic heterocycles. The van der Waals surface area contributed by atoms with E-state index in [2.05, 4.69) is 21.5 Å². The van der Waals surface area contributed by atoms with E-state index in [-0.39, 0.29) is 17.5 Å². The predicted molar refractivity (Wildman–Crippen MR) is 141 cm³/mol. The molecule has 0 radical (unpaired) electrons. The van der Waals surface area contributed by atoms with E-state index in [0.29, 0.717) is 75.4 Å². The molecule has 12 nitrogen and oxygen atoms in total. The number of nitrogens with zero attached hydrogens (tertiary/aromatic N) is 8. The second-order valence-electron chi connectivity index (χ2n) is 9.21. The highest BCUT2D eigenvalue weighted by Gasteiger charge is 2.31. The standard InChI is InChI=1S/C24H30F2N8O4S/c1-4-39(35,36)31(2)16-8-10-32(11-9-16)22-28-23(33-12-14-38-15-13-33)30-24(29-22)34-17-6-5-7-18(37-3)19(17)27-21(34)20(25)26/h4-7,16,20H,1,8-15H2,2-3H3. The van der Waals surface area contributed by atoms with E-state index >= 15 is 0 Å². The molecule has 0 saturated carbocycles. The molecule has 5 rings (SSSR count). The van der Waals surface area contributed by atoms with Crippen LogP contribution in [0.25, 0.3) is 17.0 Å². The molecule has 39 heavy (non-hydrogen) atoms. The topological polar surface area (TPSA) is 119 Å². The van der Waals surface area contributed by atoms with E-state index in [9.17, 15) is 17.2 Å². The van der Waals surface area contributed by atoms with Gasteiger partial charge in [-0.2, -0.15) is 19.3 Å². The van der Waals surface area contributed by atoms with Crippen LogP contribution in [-0.4, -0.2) is 96.8 Å². The van der Waals surface area contributed by atoms with Crippen LogP contribution in [0.1, 0.15) is 25.1 Å². The van der Waals surface area contributed by atoms with Gasteiger partial charge in [-0.25, -0.2) is 22.2 Å². The van der Waals surface area contributed by atoms with Gasteiger partial charge in [0.1, 0.15) is 11.3 Å². The third-order valence-corrected chi connectivity index (χ3v) is 8.58. The summed E-state index contributed by atoms with van der Waals surface area (Å²) in [6.07, 6.45) is -1.83. The van der Waals surface area contributed by atoms with Crippen molar-refractivity contribution in [1.82, 2.24) is 28.8 Å². The number of piperidine rings is 1. The van der Waals surface area contributed by atoms with Gasteiger partial charge in [0.2, 0.25) is 27.9 Å². The summed E-state index contributed by atoms with van der Waals surface area (Å²) >= 11 is 0. The minimum absolute atomic E-state index is 0.0148. The highest BCUT2D eigenvalue weighted by atomic mass is 32.2. The van der Waals surface area contributed by atoms with E-state index in [1.165, 1.54) is 16.0 Å².